The highest BCUT2D eigenvalue weighted by Crippen LogP contribution is 2.22. The molecule has 0 aliphatic carbocycles. The summed E-state index contributed by atoms with van der Waals surface area (Å²) in [6.07, 6.45) is 1.23. The molecular formula is C13H28N2O. The van der Waals surface area contributed by atoms with Crippen molar-refractivity contribution < 1.29 is 4.74 Å². The summed E-state index contributed by atoms with van der Waals surface area (Å²) in [5.74, 6) is 0. The molecule has 1 fully saturated rings. The van der Waals surface area contributed by atoms with Gasteiger partial charge < -0.3 is 10.1 Å². The number of nitrogens with zero attached hydrogens (tertiary/aromatic N) is 1. The van der Waals surface area contributed by atoms with Crippen molar-refractivity contribution in [3.8, 4) is 0 Å². The third-order valence-corrected chi connectivity index (χ3v) is 3.50. The summed E-state index contributed by atoms with van der Waals surface area (Å²) >= 11 is 0. The monoisotopic (exact) mass is 228 g/mol. The predicted octanol–water partition coefficient (Wildman–Crippen LogP) is 1.73. The zero-order chi connectivity index (χ0) is 12.0. The molecule has 0 aromatic heterocycles. The van der Waals surface area contributed by atoms with Crippen LogP contribution in [-0.4, -0.2) is 50.3 Å². The lowest BCUT2D eigenvalue weighted by Crippen LogP contribution is -2.47. The van der Waals surface area contributed by atoms with Crippen molar-refractivity contribution in [3.63, 3.8) is 0 Å². The number of ether oxygens (including phenoxy) is 1. The number of hydrogen-bond acceptors (Lipinski definition) is 3. The molecule has 96 valence electrons. The van der Waals surface area contributed by atoms with Crippen LogP contribution in [0.15, 0.2) is 0 Å². The van der Waals surface area contributed by atoms with E-state index in [4.69, 9.17) is 4.74 Å². The molecule has 1 heterocycles. The van der Waals surface area contributed by atoms with Crippen LogP contribution >= 0.6 is 0 Å². The molecule has 1 unspecified atom stereocenters. The highest BCUT2D eigenvalue weighted by molar-refractivity contribution is 4.81. The Morgan fingerprint density at radius 2 is 1.94 bits per heavy atom. The fourth-order valence-corrected chi connectivity index (χ4v) is 2.04. The molecule has 1 rings (SSSR count). The molecule has 0 spiro atoms. The third-order valence-electron chi connectivity index (χ3n) is 3.50. The Labute approximate surface area is 101 Å². The normalized spacial score (nSPS) is 22.3. The molecular weight excluding hydrogens is 200 g/mol. The second kappa shape index (κ2) is 6.58. The highest BCUT2D eigenvalue weighted by Gasteiger charge is 2.26. The Balaban J connectivity index is 2.38. The zero-order valence-electron chi connectivity index (χ0n) is 11.4. The second-order valence-corrected chi connectivity index (χ2v) is 5.59. The standard InChI is InChI=1S/C13H28N2O/c1-5-13(4,10-14-12(2)3)11-15-6-8-16-9-7-15/h12,14H,5-11H2,1-4H3. The van der Waals surface area contributed by atoms with E-state index in [0.29, 0.717) is 11.5 Å². The molecule has 1 N–H and O–H groups in total. The Morgan fingerprint density at radius 1 is 1.31 bits per heavy atom. The van der Waals surface area contributed by atoms with E-state index in [1.54, 1.807) is 0 Å². The van der Waals surface area contributed by atoms with Gasteiger partial charge in [-0.2, -0.15) is 0 Å². The summed E-state index contributed by atoms with van der Waals surface area (Å²) in [5, 5.41) is 3.57. The smallest absolute Gasteiger partial charge is 0.0594 e. The molecule has 0 amide bonds. The quantitative estimate of drug-likeness (QED) is 0.749. The maximum atomic E-state index is 5.39. The van der Waals surface area contributed by atoms with Gasteiger partial charge in [-0.05, 0) is 11.8 Å². The Hall–Kier alpha value is -0.120. The molecule has 0 aromatic rings. The van der Waals surface area contributed by atoms with Gasteiger partial charge in [-0.25, -0.2) is 0 Å². The van der Waals surface area contributed by atoms with Crippen molar-refractivity contribution in [1.29, 1.82) is 0 Å². The first-order valence-corrected chi connectivity index (χ1v) is 6.59. The van der Waals surface area contributed by atoms with E-state index in [1.165, 1.54) is 13.0 Å². The van der Waals surface area contributed by atoms with E-state index >= 15 is 0 Å². The van der Waals surface area contributed by atoms with Crippen molar-refractivity contribution in [2.75, 3.05) is 39.4 Å². The van der Waals surface area contributed by atoms with E-state index in [2.05, 4.69) is 37.9 Å². The molecule has 1 atom stereocenters. The van der Waals surface area contributed by atoms with Gasteiger partial charge in [0.2, 0.25) is 0 Å². The first-order chi connectivity index (χ1) is 7.56. The van der Waals surface area contributed by atoms with Crippen LogP contribution in [0, 0.1) is 5.41 Å². The minimum atomic E-state index is 0.390. The molecule has 0 radical (unpaired) electrons. The van der Waals surface area contributed by atoms with Gasteiger partial charge in [0.15, 0.2) is 0 Å². The first kappa shape index (κ1) is 13.9. The first-order valence-electron chi connectivity index (χ1n) is 6.59. The fourth-order valence-electron chi connectivity index (χ4n) is 2.04. The van der Waals surface area contributed by atoms with Gasteiger partial charge in [0.25, 0.3) is 0 Å². The van der Waals surface area contributed by atoms with Gasteiger partial charge in [-0.1, -0.05) is 27.7 Å². The van der Waals surface area contributed by atoms with Crippen LogP contribution in [0.3, 0.4) is 0 Å². The summed E-state index contributed by atoms with van der Waals surface area (Å²) in [6, 6.07) is 0.579. The minimum absolute atomic E-state index is 0.390. The van der Waals surface area contributed by atoms with Crippen molar-refractivity contribution in [2.24, 2.45) is 5.41 Å². The molecule has 1 aliphatic heterocycles. The number of morpholine rings is 1. The molecule has 1 aliphatic rings. The molecule has 3 nitrogen and oxygen atoms in total. The number of hydrogen-bond donors (Lipinski definition) is 1. The fraction of sp³-hybridized carbons (Fsp3) is 1.00. The van der Waals surface area contributed by atoms with Crippen molar-refractivity contribution in [2.45, 2.75) is 40.2 Å². The van der Waals surface area contributed by atoms with Gasteiger partial charge in [0.05, 0.1) is 13.2 Å². The molecule has 1 saturated heterocycles. The van der Waals surface area contributed by atoms with Crippen LogP contribution in [0.4, 0.5) is 0 Å². The van der Waals surface area contributed by atoms with Crippen LogP contribution in [0.2, 0.25) is 0 Å². The lowest BCUT2D eigenvalue weighted by Gasteiger charge is -2.37. The lowest BCUT2D eigenvalue weighted by atomic mass is 9.86. The number of nitrogens with one attached hydrogen (secondary N) is 1. The average Bonchev–Trinajstić information content (AvgIpc) is 2.28. The van der Waals surface area contributed by atoms with Crippen LogP contribution < -0.4 is 5.32 Å². The maximum absolute atomic E-state index is 5.39. The Bertz CT molecular complexity index is 190. The maximum Gasteiger partial charge on any atom is 0.0594 e. The Kier molecular flexibility index (Phi) is 5.73. The van der Waals surface area contributed by atoms with Gasteiger partial charge in [0.1, 0.15) is 0 Å². The van der Waals surface area contributed by atoms with Crippen molar-refractivity contribution in [1.82, 2.24) is 10.2 Å². The molecule has 16 heavy (non-hydrogen) atoms. The lowest BCUT2D eigenvalue weighted by molar-refractivity contribution is 0.0176. The predicted molar refractivity (Wildman–Crippen MR) is 68.8 cm³/mol. The summed E-state index contributed by atoms with van der Waals surface area (Å²) in [5.41, 5.74) is 0.390. The van der Waals surface area contributed by atoms with E-state index in [0.717, 1.165) is 32.8 Å². The minimum Gasteiger partial charge on any atom is -0.379 e. The Morgan fingerprint density at radius 3 is 2.44 bits per heavy atom. The van der Waals surface area contributed by atoms with Crippen molar-refractivity contribution >= 4 is 0 Å². The SMILES string of the molecule is CCC(C)(CNC(C)C)CN1CCOCC1. The summed E-state index contributed by atoms with van der Waals surface area (Å²) in [6.45, 7) is 15.4. The van der Waals surface area contributed by atoms with E-state index < -0.39 is 0 Å². The summed E-state index contributed by atoms with van der Waals surface area (Å²) in [7, 11) is 0. The summed E-state index contributed by atoms with van der Waals surface area (Å²) < 4.78 is 5.39. The van der Waals surface area contributed by atoms with Crippen LogP contribution in [-0.2, 0) is 4.74 Å². The highest BCUT2D eigenvalue weighted by atomic mass is 16.5. The van der Waals surface area contributed by atoms with E-state index in [9.17, 15) is 0 Å². The molecule has 0 aromatic carbocycles. The van der Waals surface area contributed by atoms with Gasteiger partial charge in [-0.3, -0.25) is 4.90 Å². The van der Waals surface area contributed by atoms with E-state index in [-0.39, 0.29) is 0 Å². The van der Waals surface area contributed by atoms with Crippen LogP contribution in [0.25, 0.3) is 0 Å². The van der Waals surface area contributed by atoms with Crippen LogP contribution in [0.5, 0.6) is 0 Å². The zero-order valence-corrected chi connectivity index (χ0v) is 11.4. The number of rotatable bonds is 6. The van der Waals surface area contributed by atoms with E-state index in [1.807, 2.05) is 0 Å². The topological polar surface area (TPSA) is 24.5 Å². The van der Waals surface area contributed by atoms with Gasteiger partial charge in [-0.15, -0.1) is 0 Å². The largest absolute Gasteiger partial charge is 0.379 e. The third kappa shape index (κ3) is 4.81. The van der Waals surface area contributed by atoms with Gasteiger partial charge in [0, 0.05) is 32.2 Å². The summed E-state index contributed by atoms with van der Waals surface area (Å²) in [4.78, 5) is 2.54. The average molecular weight is 228 g/mol. The van der Waals surface area contributed by atoms with Crippen LogP contribution in [0.1, 0.15) is 34.1 Å². The molecule has 0 bridgehead atoms. The van der Waals surface area contributed by atoms with Crippen molar-refractivity contribution in [3.05, 3.63) is 0 Å². The molecule has 3 heteroatoms. The second-order valence-electron chi connectivity index (χ2n) is 5.59. The van der Waals surface area contributed by atoms with Gasteiger partial charge >= 0.3 is 0 Å². The molecule has 0 saturated carbocycles.